The van der Waals surface area contributed by atoms with Crippen LogP contribution in [0, 0.1) is 6.92 Å². The van der Waals surface area contributed by atoms with Gasteiger partial charge in [0.15, 0.2) is 0 Å². The number of para-hydroxylation sites is 1. The first-order valence-electron chi connectivity index (χ1n) is 9.63. The molecule has 1 aliphatic rings. The van der Waals surface area contributed by atoms with E-state index in [9.17, 15) is 5.11 Å². The fourth-order valence-electron chi connectivity index (χ4n) is 3.99. The molecule has 0 aliphatic carbocycles. The van der Waals surface area contributed by atoms with E-state index in [2.05, 4.69) is 31.2 Å². The van der Waals surface area contributed by atoms with E-state index in [1.165, 1.54) is 0 Å². The fraction of sp³-hybridized carbons (Fsp3) is 0.429. The first-order chi connectivity index (χ1) is 13.5. The molecule has 1 saturated heterocycles. The largest absolute Gasteiger partial charge is 0.461 e. The van der Waals surface area contributed by atoms with Crippen LogP contribution in [0.5, 0.6) is 0 Å². The van der Waals surface area contributed by atoms with Crippen molar-refractivity contribution in [1.82, 2.24) is 14.9 Å². The number of aryl methyl sites for hydroxylation is 1. The maximum absolute atomic E-state index is 10.1. The first-order valence-corrected chi connectivity index (χ1v) is 9.63. The summed E-state index contributed by atoms with van der Waals surface area (Å²) in [5.74, 6) is 2.52. The molecular weight excluding hydrogens is 354 g/mol. The summed E-state index contributed by atoms with van der Waals surface area (Å²) in [6, 6.07) is 10.3. The second-order valence-electron chi connectivity index (χ2n) is 7.71. The molecule has 2 atom stereocenters. The van der Waals surface area contributed by atoms with Crippen LogP contribution in [-0.2, 0) is 6.54 Å². The number of benzene rings is 1. The number of hydrogen-bond donors (Lipinski definition) is 2. The van der Waals surface area contributed by atoms with E-state index < -0.39 is 0 Å². The summed E-state index contributed by atoms with van der Waals surface area (Å²) in [6.45, 7) is 4.09. The number of furan rings is 1. The van der Waals surface area contributed by atoms with Crippen LogP contribution in [-0.4, -0.2) is 59.3 Å². The van der Waals surface area contributed by atoms with E-state index >= 15 is 0 Å². The van der Waals surface area contributed by atoms with Gasteiger partial charge in [0.1, 0.15) is 29.3 Å². The van der Waals surface area contributed by atoms with Gasteiger partial charge in [0.25, 0.3) is 0 Å². The number of nitrogens with one attached hydrogen (secondary N) is 1. The summed E-state index contributed by atoms with van der Waals surface area (Å²) < 4.78 is 5.84. The number of aliphatic hydroxyl groups is 1. The average Bonchev–Trinajstić information content (AvgIpc) is 3.18. The molecule has 0 bridgehead atoms. The van der Waals surface area contributed by atoms with Crippen molar-refractivity contribution in [3.05, 3.63) is 48.0 Å². The van der Waals surface area contributed by atoms with Crippen molar-refractivity contribution in [3.8, 4) is 0 Å². The molecular formula is C21H27N5O2. The van der Waals surface area contributed by atoms with Crippen LogP contribution in [0.1, 0.15) is 17.7 Å². The van der Waals surface area contributed by atoms with Gasteiger partial charge in [0, 0.05) is 42.7 Å². The number of aliphatic hydroxyl groups excluding tert-OH is 1. The van der Waals surface area contributed by atoms with Crippen LogP contribution in [0.2, 0.25) is 0 Å². The van der Waals surface area contributed by atoms with Crippen molar-refractivity contribution in [3.63, 3.8) is 0 Å². The molecule has 0 unspecified atom stereocenters. The van der Waals surface area contributed by atoms with E-state index in [4.69, 9.17) is 4.42 Å². The highest BCUT2D eigenvalue weighted by atomic mass is 16.3. The number of aromatic nitrogens is 2. The normalized spacial score (nSPS) is 19.7. The summed E-state index contributed by atoms with van der Waals surface area (Å²) in [6.07, 6.45) is 2.01. The second kappa shape index (κ2) is 7.77. The number of anilines is 2. The van der Waals surface area contributed by atoms with E-state index in [-0.39, 0.29) is 12.1 Å². The van der Waals surface area contributed by atoms with Crippen molar-refractivity contribution >= 4 is 22.6 Å². The van der Waals surface area contributed by atoms with Crippen LogP contribution in [0.3, 0.4) is 0 Å². The van der Waals surface area contributed by atoms with Crippen molar-refractivity contribution in [2.75, 3.05) is 37.4 Å². The minimum absolute atomic E-state index is 0.243. The highest BCUT2D eigenvalue weighted by Crippen LogP contribution is 2.28. The Bertz CT molecular complexity index is 955. The Labute approximate surface area is 165 Å². The van der Waals surface area contributed by atoms with Crippen molar-refractivity contribution in [2.24, 2.45) is 0 Å². The smallest absolute Gasteiger partial charge is 0.134 e. The van der Waals surface area contributed by atoms with Gasteiger partial charge >= 0.3 is 0 Å². The van der Waals surface area contributed by atoms with Gasteiger partial charge in [0.05, 0.1) is 6.10 Å². The Hall–Kier alpha value is -2.64. The third kappa shape index (κ3) is 3.81. The highest BCUT2D eigenvalue weighted by molar-refractivity contribution is 5.82. The lowest BCUT2D eigenvalue weighted by Gasteiger charge is -2.27. The number of hydrogen-bond acceptors (Lipinski definition) is 7. The zero-order chi connectivity index (χ0) is 19.7. The molecule has 0 spiro atoms. The molecule has 7 nitrogen and oxygen atoms in total. The SMILES string of the molecule is Cc1oc2ccccc2c1CNc1cc(N2C[C@H](O)C[C@@H]2CN(C)C)ncn1. The molecule has 0 radical (unpaired) electrons. The highest BCUT2D eigenvalue weighted by Gasteiger charge is 2.32. The van der Waals surface area contributed by atoms with Gasteiger partial charge in [-0.2, -0.15) is 0 Å². The lowest BCUT2D eigenvalue weighted by Crippen LogP contribution is -2.38. The van der Waals surface area contributed by atoms with Crippen LogP contribution in [0.15, 0.2) is 41.1 Å². The molecule has 3 heterocycles. The molecule has 3 aromatic rings. The van der Waals surface area contributed by atoms with Crippen LogP contribution in [0.4, 0.5) is 11.6 Å². The molecule has 4 rings (SSSR count). The molecule has 2 aromatic heterocycles. The number of nitrogens with zero attached hydrogens (tertiary/aromatic N) is 4. The lowest BCUT2D eigenvalue weighted by molar-refractivity contribution is 0.191. The van der Waals surface area contributed by atoms with Gasteiger partial charge in [-0.3, -0.25) is 0 Å². The van der Waals surface area contributed by atoms with Crippen molar-refractivity contribution in [1.29, 1.82) is 0 Å². The minimum Gasteiger partial charge on any atom is -0.461 e. The number of rotatable bonds is 6. The summed E-state index contributed by atoms with van der Waals surface area (Å²) >= 11 is 0. The van der Waals surface area contributed by atoms with Gasteiger partial charge in [-0.25, -0.2) is 9.97 Å². The number of likely N-dealkylation sites (N-methyl/N-ethyl adjacent to an activating group) is 1. The molecule has 0 amide bonds. The molecule has 2 N–H and O–H groups in total. The third-order valence-electron chi connectivity index (χ3n) is 5.26. The van der Waals surface area contributed by atoms with Gasteiger partial charge in [0.2, 0.25) is 0 Å². The molecule has 0 saturated carbocycles. The number of fused-ring (bicyclic) bond motifs is 1. The summed E-state index contributed by atoms with van der Waals surface area (Å²) in [4.78, 5) is 13.1. The van der Waals surface area contributed by atoms with Gasteiger partial charge in [-0.05, 0) is 33.5 Å². The van der Waals surface area contributed by atoms with Crippen LogP contribution >= 0.6 is 0 Å². The predicted molar refractivity (Wildman–Crippen MR) is 111 cm³/mol. The topological polar surface area (TPSA) is 77.7 Å². The Morgan fingerprint density at radius 1 is 1.29 bits per heavy atom. The molecule has 28 heavy (non-hydrogen) atoms. The maximum atomic E-state index is 10.1. The fourth-order valence-corrected chi connectivity index (χ4v) is 3.99. The van der Waals surface area contributed by atoms with E-state index in [1.807, 2.05) is 45.3 Å². The molecule has 148 valence electrons. The Kier molecular flexibility index (Phi) is 5.19. The summed E-state index contributed by atoms with van der Waals surface area (Å²) in [7, 11) is 4.10. The van der Waals surface area contributed by atoms with Gasteiger partial charge < -0.3 is 24.6 Å². The van der Waals surface area contributed by atoms with E-state index in [0.717, 1.165) is 46.9 Å². The minimum atomic E-state index is -0.323. The van der Waals surface area contributed by atoms with Crippen molar-refractivity contribution < 1.29 is 9.52 Å². The third-order valence-corrected chi connectivity index (χ3v) is 5.26. The summed E-state index contributed by atoms with van der Waals surface area (Å²) in [5, 5.41) is 14.7. The average molecular weight is 381 g/mol. The van der Waals surface area contributed by atoms with Crippen LogP contribution < -0.4 is 10.2 Å². The monoisotopic (exact) mass is 381 g/mol. The summed E-state index contributed by atoms with van der Waals surface area (Å²) in [5.41, 5.74) is 2.04. The quantitative estimate of drug-likeness (QED) is 0.680. The van der Waals surface area contributed by atoms with Crippen molar-refractivity contribution in [2.45, 2.75) is 32.0 Å². The predicted octanol–water partition coefficient (Wildman–Crippen LogP) is 2.64. The first kappa shape index (κ1) is 18.7. The van der Waals surface area contributed by atoms with Gasteiger partial charge in [-0.1, -0.05) is 18.2 Å². The zero-order valence-corrected chi connectivity index (χ0v) is 16.6. The lowest BCUT2D eigenvalue weighted by atomic mass is 10.1. The molecule has 1 fully saturated rings. The molecule has 1 aliphatic heterocycles. The Balaban J connectivity index is 1.51. The Morgan fingerprint density at radius 2 is 2.11 bits per heavy atom. The molecule has 1 aromatic carbocycles. The van der Waals surface area contributed by atoms with Crippen LogP contribution in [0.25, 0.3) is 11.0 Å². The second-order valence-corrected chi connectivity index (χ2v) is 7.71. The zero-order valence-electron chi connectivity index (χ0n) is 16.6. The van der Waals surface area contributed by atoms with E-state index in [1.54, 1.807) is 6.33 Å². The molecule has 7 heteroatoms. The number of β-amino-alcohol motifs (C(OH)–C–C–N with tert-alkyl or cyclic N) is 1. The van der Waals surface area contributed by atoms with Gasteiger partial charge in [-0.15, -0.1) is 0 Å². The van der Waals surface area contributed by atoms with E-state index in [0.29, 0.717) is 13.1 Å². The maximum Gasteiger partial charge on any atom is 0.134 e. The standard InChI is InChI=1S/C21H27N5O2/c1-14-18(17-6-4-5-7-19(17)28-14)10-22-20-9-21(24-13-23-20)26-12-16(27)8-15(26)11-25(2)3/h4-7,9,13,15-16,27H,8,10-12H2,1-3H3,(H,22,23,24)/t15-,16-/m1/s1. The Morgan fingerprint density at radius 3 is 2.93 bits per heavy atom.